The van der Waals surface area contributed by atoms with E-state index in [1.807, 2.05) is 36.4 Å². The molecule has 3 aromatic carbocycles. The molecule has 6 heteroatoms. The van der Waals surface area contributed by atoms with Crippen molar-refractivity contribution in [1.82, 2.24) is 0 Å². The maximum absolute atomic E-state index is 16.4. The van der Waals surface area contributed by atoms with Gasteiger partial charge in [-0.25, -0.2) is 12.8 Å². The molecule has 29 heavy (non-hydrogen) atoms. The summed E-state index contributed by atoms with van der Waals surface area (Å²) in [6.45, 7) is -0.200. The Bertz CT molecular complexity index is 1200. The quantitative estimate of drug-likeness (QED) is 0.554. The van der Waals surface area contributed by atoms with Gasteiger partial charge in [-0.05, 0) is 59.9 Å². The number of halogens is 2. The van der Waals surface area contributed by atoms with Crippen molar-refractivity contribution in [2.24, 2.45) is 0 Å². The number of fused-ring (bicyclic) bond motifs is 5. The molecule has 0 bridgehead atoms. The molecule has 5 rings (SSSR count). The Morgan fingerprint density at radius 3 is 2.34 bits per heavy atom. The predicted molar refractivity (Wildman–Crippen MR) is 113 cm³/mol. The van der Waals surface area contributed by atoms with E-state index in [-0.39, 0.29) is 17.9 Å². The van der Waals surface area contributed by atoms with Crippen LogP contribution in [0.3, 0.4) is 0 Å². The largest absolute Gasteiger partial charge is 0.264 e. The lowest BCUT2D eigenvalue weighted by molar-refractivity contribution is 0.123. The van der Waals surface area contributed by atoms with Gasteiger partial charge in [0.25, 0.3) is 10.0 Å². The van der Waals surface area contributed by atoms with E-state index in [0.717, 1.165) is 11.1 Å². The van der Waals surface area contributed by atoms with Gasteiger partial charge in [-0.1, -0.05) is 54.1 Å². The summed E-state index contributed by atoms with van der Waals surface area (Å²) in [5.41, 5.74) is 1.68. The minimum atomic E-state index is -3.92. The van der Waals surface area contributed by atoms with E-state index in [0.29, 0.717) is 22.7 Å². The molecule has 2 atom stereocenters. The number of anilines is 1. The molecule has 148 valence electrons. The molecular formula is C23H19ClFNO2S. The Labute approximate surface area is 174 Å². The monoisotopic (exact) mass is 427 g/mol. The highest BCUT2D eigenvalue weighted by atomic mass is 35.5. The molecule has 0 unspecified atom stereocenters. The van der Waals surface area contributed by atoms with Crippen LogP contribution in [0.1, 0.15) is 29.0 Å². The summed E-state index contributed by atoms with van der Waals surface area (Å²) < 4.78 is 44.5. The van der Waals surface area contributed by atoms with Crippen molar-refractivity contribution >= 4 is 27.3 Å². The van der Waals surface area contributed by atoms with Crippen molar-refractivity contribution in [3.63, 3.8) is 0 Å². The first-order chi connectivity index (χ1) is 13.9. The van der Waals surface area contributed by atoms with E-state index in [9.17, 15) is 8.42 Å². The van der Waals surface area contributed by atoms with E-state index in [2.05, 4.69) is 0 Å². The lowest BCUT2D eigenvalue weighted by Crippen LogP contribution is -2.52. The van der Waals surface area contributed by atoms with Gasteiger partial charge in [0.1, 0.15) is 5.67 Å². The highest BCUT2D eigenvalue weighted by Crippen LogP contribution is 2.53. The van der Waals surface area contributed by atoms with E-state index < -0.39 is 21.6 Å². The highest BCUT2D eigenvalue weighted by molar-refractivity contribution is 7.92. The molecule has 0 spiro atoms. The number of sulfonamides is 1. The molecule has 2 aliphatic rings. The fourth-order valence-electron chi connectivity index (χ4n) is 4.66. The molecule has 0 fully saturated rings. The summed E-state index contributed by atoms with van der Waals surface area (Å²) >= 11 is 5.92. The van der Waals surface area contributed by atoms with Crippen molar-refractivity contribution in [2.75, 3.05) is 10.8 Å². The Morgan fingerprint density at radius 2 is 1.59 bits per heavy atom. The fraction of sp³-hybridized carbons (Fsp3) is 0.217. The molecule has 3 aromatic rings. The summed E-state index contributed by atoms with van der Waals surface area (Å²) in [6, 6.07) is 21.1. The lowest BCUT2D eigenvalue weighted by Gasteiger charge is -2.47. The Morgan fingerprint density at radius 1 is 0.931 bits per heavy atom. The zero-order valence-electron chi connectivity index (χ0n) is 15.6. The summed E-state index contributed by atoms with van der Waals surface area (Å²) in [7, 11) is -3.92. The lowest BCUT2D eigenvalue weighted by atomic mass is 9.68. The van der Waals surface area contributed by atoms with Crippen LogP contribution in [0.2, 0.25) is 5.02 Å². The van der Waals surface area contributed by atoms with E-state index in [1.165, 1.54) is 28.6 Å². The van der Waals surface area contributed by atoms with Gasteiger partial charge in [-0.2, -0.15) is 0 Å². The first-order valence-electron chi connectivity index (χ1n) is 9.54. The SMILES string of the molecule is O=S(=O)(c1ccc(Cl)cc1)N1C[C@@]2(F)CCc3ccccc3[C@H]2c2ccccc21. The standard InChI is InChI=1S/C23H19ClFNO2S/c24-17-9-11-18(12-10-17)29(27,28)26-15-23(25)14-13-16-5-1-2-6-19(16)22(23)20-7-3-4-8-21(20)26/h1-12,22H,13-15H2/t22-,23-/m0/s1. The van der Waals surface area contributed by atoms with Crippen LogP contribution in [0.5, 0.6) is 0 Å². The third-order valence-electron chi connectivity index (χ3n) is 6.02. The summed E-state index contributed by atoms with van der Waals surface area (Å²) in [5.74, 6) is -0.472. The van der Waals surface area contributed by atoms with Crippen molar-refractivity contribution < 1.29 is 12.8 Å². The number of nitrogens with zero attached hydrogens (tertiary/aromatic N) is 1. The normalized spacial score (nSPS) is 23.1. The third-order valence-corrected chi connectivity index (χ3v) is 8.04. The van der Waals surface area contributed by atoms with Crippen molar-refractivity contribution in [3.8, 4) is 0 Å². The molecule has 0 saturated heterocycles. The number of alkyl halides is 1. The van der Waals surface area contributed by atoms with Crippen molar-refractivity contribution in [3.05, 3.63) is 94.5 Å². The fourth-order valence-corrected chi connectivity index (χ4v) is 6.33. The molecule has 1 heterocycles. The zero-order valence-corrected chi connectivity index (χ0v) is 17.1. The molecular weight excluding hydrogens is 409 g/mol. The maximum atomic E-state index is 16.4. The first kappa shape index (κ1) is 18.6. The number of hydrogen-bond donors (Lipinski definition) is 0. The molecule has 1 aliphatic heterocycles. The van der Waals surface area contributed by atoms with E-state index in [4.69, 9.17) is 11.6 Å². The first-order valence-corrected chi connectivity index (χ1v) is 11.4. The Kier molecular flexibility index (Phi) is 4.23. The topological polar surface area (TPSA) is 37.4 Å². The smallest absolute Gasteiger partial charge is 0.263 e. The van der Waals surface area contributed by atoms with Crippen LogP contribution < -0.4 is 4.31 Å². The van der Waals surface area contributed by atoms with Gasteiger partial charge in [0.15, 0.2) is 0 Å². The van der Waals surface area contributed by atoms with Crippen LogP contribution in [0, 0.1) is 0 Å². The van der Waals surface area contributed by atoms with Gasteiger partial charge in [-0.3, -0.25) is 4.31 Å². The van der Waals surface area contributed by atoms with Crippen LogP contribution in [-0.2, 0) is 16.4 Å². The zero-order chi connectivity index (χ0) is 20.2. The molecule has 0 radical (unpaired) electrons. The van der Waals surface area contributed by atoms with E-state index >= 15 is 4.39 Å². The molecule has 0 saturated carbocycles. The second-order valence-corrected chi connectivity index (χ2v) is 9.99. The molecule has 0 aromatic heterocycles. The minimum absolute atomic E-state index is 0.106. The second-order valence-electron chi connectivity index (χ2n) is 7.69. The molecule has 0 amide bonds. The average Bonchev–Trinajstić information content (AvgIpc) is 2.73. The number of benzene rings is 3. The highest BCUT2D eigenvalue weighted by Gasteiger charge is 2.52. The third kappa shape index (κ3) is 2.87. The van der Waals surface area contributed by atoms with Gasteiger partial charge in [0.2, 0.25) is 0 Å². The van der Waals surface area contributed by atoms with Gasteiger partial charge >= 0.3 is 0 Å². The van der Waals surface area contributed by atoms with Crippen molar-refractivity contribution in [2.45, 2.75) is 29.3 Å². The maximum Gasteiger partial charge on any atom is 0.264 e. The Balaban J connectivity index is 1.70. The van der Waals surface area contributed by atoms with Gasteiger partial charge < -0.3 is 0 Å². The molecule has 1 aliphatic carbocycles. The van der Waals surface area contributed by atoms with Crippen LogP contribution >= 0.6 is 11.6 Å². The predicted octanol–water partition coefficient (Wildman–Crippen LogP) is 5.34. The number of para-hydroxylation sites is 1. The number of aryl methyl sites for hydroxylation is 1. The van der Waals surface area contributed by atoms with Crippen LogP contribution in [0.15, 0.2) is 77.7 Å². The van der Waals surface area contributed by atoms with Crippen LogP contribution in [0.25, 0.3) is 0 Å². The summed E-state index contributed by atoms with van der Waals surface area (Å²) in [4.78, 5) is 0.106. The second kappa shape index (κ2) is 6.57. The van der Waals surface area contributed by atoms with Gasteiger partial charge in [-0.15, -0.1) is 0 Å². The number of rotatable bonds is 2. The Hall–Kier alpha value is -2.37. The summed E-state index contributed by atoms with van der Waals surface area (Å²) in [6.07, 6.45) is 0.885. The summed E-state index contributed by atoms with van der Waals surface area (Å²) in [5, 5.41) is 0.453. The average molecular weight is 428 g/mol. The van der Waals surface area contributed by atoms with E-state index in [1.54, 1.807) is 12.1 Å². The minimum Gasteiger partial charge on any atom is -0.263 e. The molecule has 3 nitrogen and oxygen atoms in total. The number of hydrogen-bond acceptors (Lipinski definition) is 2. The van der Waals surface area contributed by atoms with Crippen molar-refractivity contribution in [1.29, 1.82) is 0 Å². The van der Waals surface area contributed by atoms with Crippen LogP contribution in [-0.4, -0.2) is 20.6 Å². The van der Waals surface area contributed by atoms with Gasteiger partial charge in [0.05, 0.1) is 17.1 Å². The van der Waals surface area contributed by atoms with Crippen LogP contribution in [0.4, 0.5) is 10.1 Å². The van der Waals surface area contributed by atoms with Gasteiger partial charge in [0, 0.05) is 10.9 Å². The molecule has 0 N–H and O–H groups in total.